The number of hydrogen-bond donors (Lipinski definition) is 1. The van der Waals surface area contributed by atoms with Crippen molar-refractivity contribution in [2.24, 2.45) is 0 Å². The molecule has 3 aromatic rings. The van der Waals surface area contributed by atoms with Crippen LogP contribution in [0.3, 0.4) is 0 Å². The third kappa shape index (κ3) is 5.47. The summed E-state index contributed by atoms with van der Waals surface area (Å²) in [5.74, 6) is 1.21. The Balaban J connectivity index is 1.81. The number of ether oxygens (including phenoxy) is 2. The second kappa shape index (κ2) is 11.2. The summed E-state index contributed by atoms with van der Waals surface area (Å²) in [6, 6.07) is 7.69. The van der Waals surface area contributed by atoms with E-state index in [1.54, 1.807) is 27.9 Å². The van der Waals surface area contributed by atoms with Crippen molar-refractivity contribution in [3.8, 4) is 17.1 Å². The molecule has 0 spiro atoms. The number of hydrogen-bond acceptors (Lipinski definition) is 7. The van der Waals surface area contributed by atoms with Crippen LogP contribution < -0.4 is 4.74 Å². The number of H-pyrrole nitrogens is 1. The lowest BCUT2D eigenvalue weighted by Crippen LogP contribution is -2.09. The van der Waals surface area contributed by atoms with Gasteiger partial charge in [0.25, 0.3) is 0 Å². The summed E-state index contributed by atoms with van der Waals surface area (Å²) in [6.07, 6.45) is 2.00. The highest BCUT2D eigenvalue weighted by molar-refractivity contribution is 7.99. The number of aryl methyl sites for hydroxylation is 1. The molecule has 176 valence electrons. The molecular formula is C24H30N4O4S. The van der Waals surface area contributed by atoms with Gasteiger partial charge in [-0.15, -0.1) is 10.2 Å². The first-order chi connectivity index (χ1) is 15.9. The molecule has 9 heteroatoms. The molecule has 0 fully saturated rings. The van der Waals surface area contributed by atoms with Crippen molar-refractivity contribution < 1.29 is 19.1 Å². The minimum Gasteiger partial charge on any atom is -0.497 e. The van der Waals surface area contributed by atoms with E-state index in [1.807, 2.05) is 24.3 Å². The molecule has 2 heterocycles. The van der Waals surface area contributed by atoms with Crippen molar-refractivity contribution in [1.82, 2.24) is 19.7 Å². The van der Waals surface area contributed by atoms with Crippen LogP contribution in [0.25, 0.3) is 11.4 Å². The van der Waals surface area contributed by atoms with Gasteiger partial charge in [-0.3, -0.25) is 4.79 Å². The normalized spacial score (nSPS) is 10.9. The zero-order chi connectivity index (χ0) is 24.0. The van der Waals surface area contributed by atoms with E-state index in [0.717, 1.165) is 36.5 Å². The van der Waals surface area contributed by atoms with Gasteiger partial charge in [-0.2, -0.15) is 0 Å². The molecule has 0 aliphatic carbocycles. The van der Waals surface area contributed by atoms with Gasteiger partial charge in [-0.1, -0.05) is 25.1 Å². The molecule has 33 heavy (non-hydrogen) atoms. The van der Waals surface area contributed by atoms with Crippen molar-refractivity contribution in [1.29, 1.82) is 0 Å². The monoisotopic (exact) mass is 470 g/mol. The Morgan fingerprint density at radius 1 is 1.12 bits per heavy atom. The largest absolute Gasteiger partial charge is 0.497 e. The molecule has 0 amide bonds. The van der Waals surface area contributed by atoms with Crippen molar-refractivity contribution >= 4 is 23.5 Å². The number of thioether (sulfide) groups is 1. The van der Waals surface area contributed by atoms with Gasteiger partial charge in [0.2, 0.25) is 0 Å². The Labute approximate surface area is 198 Å². The van der Waals surface area contributed by atoms with Crippen LogP contribution in [0.15, 0.2) is 29.4 Å². The van der Waals surface area contributed by atoms with E-state index in [1.165, 1.54) is 11.8 Å². The number of ketones is 1. The summed E-state index contributed by atoms with van der Waals surface area (Å²) in [5, 5.41) is 9.46. The van der Waals surface area contributed by atoms with Crippen LogP contribution in [0.4, 0.5) is 0 Å². The maximum Gasteiger partial charge on any atom is 0.355 e. The predicted octanol–water partition coefficient (Wildman–Crippen LogP) is 4.85. The number of aromatic amines is 1. The predicted molar refractivity (Wildman–Crippen MR) is 128 cm³/mol. The Morgan fingerprint density at radius 3 is 2.48 bits per heavy atom. The number of Topliss-reactive ketones (excluding diaryl/α,β-unsaturated/α-hetero) is 1. The van der Waals surface area contributed by atoms with Crippen LogP contribution in [0.1, 0.15) is 58.8 Å². The summed E-state index contributed by atoms with van der Waals surface area (Å²) in [4.78, 5) is 28.2. The molecular weight excluding hydrogens is 440 g/mol. The molecule has 2 aromatic heterocycles. The Bertz CT molecular complexity index is 1120. The van der Waals surface area contributed by atoms with Crippen LogP contribution in [0.5, 0.6) is 5.75 Å². The van der Waals surface area contributed by atoms with Gasteiger partial charge in [0.15, 0.2) is 16.8 Å². The topological polar surface area (TPSA) is 99.1 Å². The summed E-state index contributed by atoms with van der Waals surface area (Å²) in [7, 11) is 1.63. The summed E-state index contributed by atoms with van der Waals surface area (Å²) in [5.41, 5.74) is 3.07. The number of unbranched alkanes of at least 4 members (excludes halogenated alkanes) is 1. The number of nitrogens with one attached hydrogen (secondary N) is 1. The van der Waals surface area contributed by atoms with Crippen molar-refractivity contribution in [2.75, 3.05) is 19.5 Å². The van der Waals surface area contributed by atoms with Crippen molar-refractivity contribution in [3.63, 3.8) is 0 Å². The van der Waals surface area contributed by atoms with E-state index in [-0.39, 0.29) is 18.1 Å². The molecule has 0 unspecified atom stereocenters. The second-order valence-electron chi connectivity index (χ2n) is 7.60. The highest BCUT2D eigenvalue weighted by atomic mass is 32.2. The van der Waals surface area contributed by atoms with Gasteiger partial charge >= 0.3 is 5.97 Å². The van der Waals surface area contributed by atoms with E-state index in [4.69, 9.17) is 9.47 Å². The number of nitrogens with zero attached hydrogens (tertiary/aromatic N) is 3. The smallest absolute Gasteiger partial charge is 0.355 e. The first-order valence-corrected chi connectivity index (χ1v) is 12.0. The molecule has 0 bridgehead atoms. The SMILES string of the molecule is CCCCn1c(SCC(=O)c2c(C)[nH]c(C(=O)OCC)c2C)nnc1-c1ccc(OC)cc1. The quantitative estimate of drug-likeness (QED) is 0.243. The number of esters is 1. The summed E-state index contributed by atoms with van der Waals surface area (Å²) in [6.45, 7) is 8.47. The molecule has 0 saturated carbocycles. The van der Waals surface area contributed by atoms with Crippen molar-refractivity contribution in [2.45, 2.75) is 52.2 Å². The third-order valence-corrected chi connectivity index (χ3v) is 6.30. The molecule has 8 nitrogen and oxygen atoms in total. The maximum atomic E-state index is 13.1. The Hall–Kier alpha value is -3.07. The number of rotatable bonds is 11. The van der Waals surface area contributed by atoms with Gasteiger partial charge in [0, 0.05) is 23.4 Å². The van der Waals surface area contributed by atoms with E-state index in [9.17, 15) is 9.59 Å². The van der Waals surface area contributed by atoms with E-state index in [2.05, 4.69) is 26.7 Å². The number of benzene rings is 1. The molecule has 0 saturated heterocycles. The van der Waals surface area contributed by atoms with Gasteiger partial charge < -0.3 is 19.0 Å². The Morgan fingerprint density at radius 2 is 1.85 bits per heavy atom. The number of aromatic nitrogens is 4. The first-order valence-electron chi connectivity index (χ1n) is 11.0. The number of carbonyl (C=O) groups is 2. The number of methoxy groups -OCH3 is 1. The summed E-state index contributed by atoms with van der Waals surface area (Å²) < 4.78 is 12.4. The molecule has 0 aliphatic rings. The average Bonchev–Trinajstić information content (AvgIpc) is 3.36. The highest BCUT2D eigenvalue weighted by Gasteiger charge is 2.23. The zero-order valence-electron chi connectivity index (χ0n) is 19.7. The third-order valence-electron chi connectivity index (χ3n) is 5.33. The number of carbonyl (C=O) groups excluding carboxylic acids is 2. The second-order valence-corrected chi connectivity index (χ2v) is 8.54. The maximum absolute atomic E-state index is 13.1. The molecule has 1 N–H and O–H groups in total. The van der Waals surface area contributed by atoms with Gasteiger partial charge in [-0.05, 0) is 57.0 Å². The van der Waals surface area contributed by atoms with Crippen LogP contribution in [-0.2, 0) is 11.3 Å². The van der Waals surface area contributed by atoms with E-state index in [0.29, 0.717) is 27.7 Å². The molecule has 1 aromatic carbocycles. The minimum absolute atomic E-state index is 0.0714. The lowest BCUT2D eigenvalue weighted by Gasteiger charge is -2.10. The minimum atomic E-state index is -0.451. The Kier molecular flexibility index (Phi) is 8.32. The van der Waals surface area contributed by atoms with Crippen molar-refractivity contribution in [3.05, 3.63) is 46.8 Å². The standard InChI is InChI=1S/C24H30N4O4S/c1-6-8-13-28-22(17-9-11-18(31-5)12-10-17)26-27-24(28)33-14-19(29)20-15(3)21(25-16(20)4)23(30)32-7-2/h9-12,25H,6-8,13-14H2,1-5H3. The molecule has 3 rings (SSSR count). The van der Waals surface area contributed by atoms with E-state index < -0.39 is 5.97 Å². The van der Waals surface area contributed by atoms with Gasteiger partial charge in [0.05, 0.1) is 19.5 Å². The van der Waals surface area contributed by atoms with Crippen LogP contribution in [0.2, 0.25) is 0 Å². The lowest BCUT2D eigenvalue weighted by molar-refractivity contribution is 0.0519. The van der Waals surface area contributed by atoms with Gasteiger partial charge in [-0.25, -0.2) is 4.79 Å². The molecule has 0 atom stereocenters. The van der Waals surface area contributed by atoms with Gasteiger partial charge in [0.1, 0.15) is 11.4 Å². The fourth-order valence-electron chi connectivity index (χ4n) is 3.64. The van der Waals surface area contributed by atoms with E-state index >= 15 is 0 Å². The highest BCUT2D eigenvalue weighted by Crippen LogP contribution is 2.28. The average molecular weight is 471 g/mol. The fraction of sp³-hybridized carbons (Fsp3) is 0.417. The fourth-order valence-corrected chi connectivity index (χ4v) is 4.48. The zero-order valence-corrected chi connectivity index (χ0v) is 20.5. The summed E-state index contributed by atoms with van der Waals surface area (Å²) >= 11 is 1.35. The molecule has 0 aliphatic heterocycles. The molecule has 0 radical (unpaired) electrons. The van der Waals surface area contributed by atoms with Crippen LogP contribution in [-0.4, -0.2) is 51.0 Å². The van der Waals surface area contributed by atoms with Crippen LogP contribution >= 0.6 is 11.8 Å². The first kappa shape index (κ1) is 24.6. The van der Waals surface area contributed by atoms with Crippen LogP contribution in [0, 0.1) is 13.8 Å². The lowest BCUT2D eigenvalue weighted by atomic mass is 10.1.